The fourth-order valence-corrected chi connectivity index (χ4v) is 2.63. The molecule has 1 amide bonds. The van der Waals surface area contributed by atoms with E-state index < -0.39 is 0 Å². The standard InChI is InChI=1S/C17H18N4O3/c22-17(11-2-1-3-11)19-16-7-6-15(20-21-16)18-12-4-5-13-14(10-12)24-9-8-23-13/h4-7,10-11H,1-3,8-9H2,(H,18,20)(H,19,21,22). The van der Waals surface area contributed by atoms with Crippen LogP contribution in [0.15, 0.2) is 30.3 Å². The molecule has 7 heteroatoms. The van der Waals surface area contributed by atoms with Crippen LogP contribution in [0.1, 0.15) is 19.3 Å². The van der Waals surface area contributed by atoms with Crippen LogP contribution < -0.4 is 20.1 Å². The fraction of sp³-hybridized carbons (Fsp3) is 0.353. The molecule has 1 aromatic heterocycles. The third-order valence-corrected chi connectivity index (χ3v) is 4.21. The average molecular weight is 326 g/mol. The number of benzene rings is 1. The summed E-state index contributed by atoms with van der Waals surface area (Å²) >= 11 is 0. The molecular formula is C17H18N4O3. The molecule has 1 aliphatic heterocycles. The van der Waals surface area contributed by atoms with Gasteiger partial charge in [-0.1, -0.05) is 6.42 Å². The Kier molecular flexibility index (Phi) is 3.90. The van der Waals surface area contributed by atoms with Crippen molar-refractivity contribution < 1.29 is 14.3 Å². The summed E-state index contributed by atoms with van der Waals surface area (Å²) in [6.07, 6.45) is 3.05. The maximum absolute atomic E-state index is 11.9. The molecule has 0 radical (unpaired) electrons. The monoisotopic (exact) mass is 326 g/mol. The van der Waals surface area contributed by atoms with Crippen LogP contribution in [0.3, 0.4) is 0 Å². The third kappa shape index (κ3) is 3.10. The van der Waals surface area contributed by atoms with Crippen molar-refractivity contribution in [2.75, 3.05) is 23.8 Å². The number of hydrogen-bond acceptors (Lipinski definition) is 6. The molecule has 0 saturated heterocycles. The second-order valence-corrected chi connectivity index (χ2v) is 5.90. The van der Waals surface area contributed by atoms with E-state index >= 15 is 0 Å². The number of anilines is 3. The Morgan fingerprint density at radius 1 is 1.00 bits per heavy atom. The minimum absolute atomic E-state index is 0.0306. The van der Waals surface area contributed by atoms with Gasteiger partial charge in [-0.05, 0) is 37.1 Å². The highest BCUT2D eigenvalue weighted by Gasteiger charge is 2.25. The number of carbonyl (C=O) groups excluding carboxylic acids is 1. The van der Waals surface area contributed by atoms with E-state index in [0.717, 1.165) is 30.7 Å². The highest BCUT2D eigenvalue weighted by Crippen LogP contribution is 2.33. The summed E-state index contributed by atoms with van der Waals surface area (Å²) in [7, 11) is 0. The smallest absolute Gasteiger partial charge is 0.228 e. The van der Waals surface area contributed by atoms with Crippen LogP contribution in [0, 0.1) is 5.92 Å². The van der Waals surface area contributed by atoms with Crippen molar-refractivity contribution in [3.8, 4) is 11.5 Å². The zero-order valence-electron chi connectivity index (χ0n) is 13.1. The van der Waals surface area contributed by atoms with Gasteiger partial charge in [0.25, 0.3) is 0 Å². The van der Waals surface area contributed by atoms with Gasteiger partial charge in [-0.3, -0.25) is 4.79 Å². The Morgan fingerprint density at radius 3 is 2.46 bits per heavy atom. The van der Waals surface area contributed by atoms with E-state index in [0.29, 0.717) is 30.6 Å². The summed E-state index contributed by atoms with van der Waals surface area (Å²) in [4.78, 5) is 11.9. The molecule has 0 bridgehead atoms. The Hall–Kier alpha value is -2.83. The molecule has 2 aliphatic rings. The Bertz CT molecular complexity index is 744. The lowest BCUT2D eigenvalue weighted by Gasteiger charge is -2.23. The molecule has 0 atom stereocenters. The van der Waals surface area contributed by atoms with E-state index in [4.69, 9.17) is 9.47 Å². The van der Waals surface area contributed by atoms with Crippen LogP contribution in [0.5, 0.6) is 11.5 Å². The molecule has 1 aliphatic carbocycles. The van der Waals surface area contributed by atoms with E-state index in [1.807, 2.05) is 18.2 Å². The highest BCUT2D eigenvalue weighted by atomic mass is 16.6. The van der Waals surface area contributed by atoms with Gasteiger partial charge in [0, 0.05) is 17.7 Å². The Labute approximate surface area is 139 Å². The normalized spacial score (nSPS) is 16.2. The van der Waals surface area contributed by atoms with Gasteiger partial charge < -0.3 is 20.1 Å². The topological polar surface area (TPSA) is 85.4 Å². The maximum atomic E-state index is 11.9. The van der Waals surface area contributed by atoms with Crippen LogP contribution in [0.4, 0.5) is 17.3 Å². The van der Waals surface area contributed by atoms with E-state index in [9.17, 15) is 4.79 Å². The SMILES string of the molecule is O=C(Nc1ccc(Nc2ccc3c(c2)OCCO3)nn1)C1CCC1. The second-order valence-electron chi connectivity index (χ2n) is 5.90. The predicted octanol–water partition coefficient (Wildman–Crippen LogP) is 2.73. The van der Waals surface area contributed by atoms with Crippen molar-refractivity contribution in [3.63, 3.8) is 0 Å². The number of rotatable bonds is 4. The molecule has 1 saturated carbocycles. The Morgan fingerprint density at radius 2 is 1.75 bits per heavy atom. The Balaban J connectivity index is 1.40. The molecule has 0 spiro atoms. The van der Waals surface area contributed by atoms with Crippen LogP contribution >= 0.6 is 0 Å². The van der Waals surface area contributed by atoms with E-state index in [1.54, 1.807) is 12.1 Å². The molecule has 2 aromatic rings. The third-order valence-electron chi connectivity index (χ3n) is 4.21. The average Bonchev–Trinajstić information content (AvgIpc) is 2.55. The zero-order chi connectivity index (χ0) is 16.4. The zero-order valence-corrected chi connectivity index (χ0v) is 13.1. The molecule has 4 rings (SSSR count). The summed E-state index contributed by atoms with van der Waals surface area (Å²) in [6.45, 7) is 1.12. The van der Waals surface area contributed by atoms with Crippen LogP contribution in [0.2, 0.25) is 0 Å². The van der Waals surface area contributed by atoms with Crippen molar-refractivity contribution in [3.05, 3.63) is 30.3 Å². The fourth-order valence-electron chi connectivity index (χ4n) is 2.63. The number of hydrogen-bond donors (Lipinski definition) is 2. The lowest BCUT2D eigenvalue weighted by Crippen LogP contribution is -2.28. The summed E-state index contributed by atoms with van der Waals surface area (Å²) in [5.41, 5.74) is 0.833. The largest absolute Gasteiger partial charge is 0.486 e. The van der Waals surface area contributed by atoms with Crippen molar-refractivity contribution in [2.45, 2.75) is 19.3 Å². The lowest BCUT2D eigenvalue weighted by atomic mass is 9.85. The van der Waals surface area contributed by atoms with Gasteiger partial charge in [-0.25, -0.2) is 0 Å². The van der Waals surface area contributed by atoms with E-state index in [2.05, 4.69) is 20.8 Å². The number of nitrogens with one attached hydrogen (secondary N) is 2. The number of aromatic nitrogens is 2. The second kappa shape index (κ2) is 6.35. The summed E-state index contributed by atoms with van der Waals surface area (Å²) < 4.78 is 11.0. The molecule has 24 heavy (non-hydrogen) atoms. The molecule has 7 nitrogen and oxygen atoms in total. The summed E-state index contributed by atoms with van der Waals surface area (Å²) in [6, 6.07) is 9.13. The molecule has 2 N–H and O–H groups in total. The molecule has 1 aromatic carbocycles. The number of carbonyl (C=O) groups is 1. The number of amides is 1. The quantitative estimate of drug-likeness (QED) is 0.898. The van der Waals surface area contributed by atoms with Crippen LogP contribution in [-0.2, 0) is 4.79 Å². The molecule has 1 fully saturated rings. The van der Waals surface area contributed by atoms with Gasteiger partial charge in [-0.2, -0.15) is 0 Å². The molecule has 0 unspecified atom stereocenters. The summed E-state index contributed by atoms with van der Waals surface area (Å²) in [5.74, 6) is 2.67. The minimum atomic E-state index is 0.0306. The number of fused-ring (bicyclic) bond motifs is 1. The molecule has 2 heterocycles. The maximum Gasteiger partial charge on any atom is 0.228 e. The van der Waals surface area contributed by atoms with Crippen molar-refractivity contribution in [2.24, 2.45) is 5.92 Å². The first-order valence-corrected chi connectivity index (χ1v) is 8.09. The van der Waals surface area contributed by atoms with Gasteiger partial charge in [0.05, 0.1) is 0 Å². The van der Waals surface area contributed by atoms with Gasteiger partial charge in [-0.15, -0.1) is 10.2 Å². The van der Waals surface area contributed by atoms with Crippen LogP contribution in [0.25, 0.3) is 0 Å². The lowest BCUT2D eigenvalue weighted by molar-refractivity contribution is -0.122. The number of ether oxygens (including phenoxy) is 2. The van der Waals surface area contributed by atoms with Crippen LogP contribution in [-0.4, -0.2) is 29.3 Å². The number of nitrogens with zero attached hydrogens (tertiary/aromatic N) is 2. The predicted molar refractivity (Wildman–Crippen MR) is 88.7 cm³/mol. The molecule has 124 valence electrons. The first kappa shape index (κ1) is 14.7. The highest BCUT2D eigenvalue weighted by molar-refractivity contribution is 5.92. The van der Waals surface area contributed by atoms with E-state index in [-0.39, 0.29) is 11.8 Å². The summed E-state index contributed by atoms with van der Waals surface area (Å²) in [5, 5.41) is 14.1. The van der Waals surface area contributed by atoms with Gasteiger partial charge in [0.2, 0.25) is 5.91 Å². The first-order valence-electron chi connectivity index (χ1n) is 8.09. The molecular weight excluding hydrogens is 308 g/mol. The van der Waals surface area contributed by atoms with Gasteiger partial charge in [0.1, 0.15) is 13.2 Å². The minimum Gasteiger partial charge on any atom is -0.486 e. The van der Waals surface area contributed by atoms with Crippen molar-refractivity contribution in [1.29, 1.82) is 0 Å². The van der Waals surface area contributed by atoms with Gasteiger partial charge in [0.15, 0.2) is 23.1 Å². The first-order chi connectivity index (χ1) is 11.8. The van der Waals surface area contributed by atoms with Crippen molar-refractivity contribution >= 4 is 23.2 Å². The van der Waals surface area contributed by atoms with Crippen molar-refractivity contribution in [1.82, 2.24) is 10.2 Å². The van der Waals surface area contributed by atoms with E-state index in [1.165, 1.54) is 0 Å². The van der Waals surface area contributed by atoms with Gasteiger partial charge >= 0.3 is 0 Å².